The van der Waals surface area contributed by atoms with Gasteiger partial charge in [-0.1, -0.05) is 15.9 Å². The van der Waals surface area contributed by atoms with Crippen molar-refractivity contribution in [2.24, 2.45) is 0 Å². The summed E-state index contributed by atoms with van der Waals surface area (Å²) in [6, 6.07) is 5.65. The number of halogens is 1. The second kappa shape index (κ2) is 7.50. The zero-order valence-corrected chi connectivity index (χ0v) is 12.9. The van der Waals surface area contributed by atoms with Crippen molar-refractivity contribution in [2.45, 2.75) is 39.3 Å². The van der Waals surface area contributed by atoms with E-state index in [2.05, 4.69) is 34.7 Å². The van der Waals surface area contributed by atoms with Gasteiger partial charge in [-0.2, -0.15) is 0 Å². The van der Waals surface area contributed by atoms with Gasteiger partial charge in [0.2, 0.25) is 0 Å². The van der Waals surface area contributed by atoms with Crippen LogP contribution in [-0.4, -0.2) is 33.7 Å². The Hall–Kier alpha value is -1.07. The molecular formula is C14H20BrNO3. The summed E-state index contributed by atoms with van der Waals surface area (Å²) in [6.45, 7) is 5.45. The molecule has 2 N–H and O–H groups in total. The molecule has 5 heteroatoms. The van der Waals surface area contributed by atoms with Crippen LogP contribution in [0.15, 0.2) is 22.7 Å². The van der Waals surface area contributed by atoms with Crippen molar-refractivity contribution in [3.63, 3.8) is 0 Å². The molecule has 1 aromatic carbocycles. The van der Waals surface area contributed by atoms with E-state index in [9.17, 15) is 9.90 Å². The van der Waals surface area contributed by atoms with Crippen molar-refractivity contribution in [3.05, 3.63) is 28.2 Å². The largest absolute Gasteiger partial charge is 0.508 e. The number of hydrogen-bond acceptors (Lipinski definition) is 3. The van der Waals surface area contributed by atoms with Crippen molar-refractivity contribution >= 4 is 21.9 Å². The predicted octanol–water partition coefficient (Wildman–Crippen LogP) is 3.23. The van der Waals surface area contributed by atoms with Gasteiger partial charge in [-0.15, -0.1) is 0 Å². The van der Waals surface area contributed by atoms with E-state index in [1.807, 2.05) is 6.07 Å². The Morgan fingerprint density at radius 2 is 2.11 bits per heavy atom. The van der Waals surface area contributed by atoms with Crippen LogP contribution in [0.4, 0.5) is 0 Å². The summed E-state index contributed by atoms with van der Waals surface area (Å²) in [6.07, 6.45) is 0.788. The Labute approximate surface area is 122 Å². The van der Waals surface area contributed by atoms with Crippen LogP contribution in [0.5, 0.6) is 5.75 Å². The second-order valence-electron chi connectivity index (χ2n) is 4.83. The van der Waals surface area contributed by atoms with Gasteiger partial charge in [0, 0.05) is 29.0 Å². The third-order valence-electron chi connectivity index (χ3n) is 2.98. The fourth-order valence-electron chi connectivity index (χ4n) is 1.85. The average molecular weight is 330 g/mol. The summed E-state index contributed by atoms with van der Waals surface area (Å²) in [7, 11) is 0. The van der Waals surface area contributed by atoms with Gasteiger partial charge in [-0.3, -0.25) is 9.69 Å². The van der Waals surface area contributed by atoms with Crippen LogP contribution in [0.2, 0.25) is 0 Å². The maximum absolute atomic E-state index is 10.5. The lowest BCUT2D eigenvalue weighted by Crippen LogP contribution is -2.31. The number of hydrogen-bond donors (Lipinski definition) is 2. The Morgan fingerprint density at radius 3 is 2.68 bits per heavy atom. The van der Waals surface area contributed by atoms with E-state index in [1.165, 1.54) is 0 Å². The fourth-order valence-corrected chi connectivity index (χ4v) is 2.26. The number of phenolic OH excluding ortho intramolecular Hbond substituents is 1. The number of aromatic hydroxyl groups is 1. The van der Waals surface area contributed by atoms with Crippen molar-refractivity contribution in [2.75, 3.05) is 6.54 Å². The van der Waals surface area contributed by atoms with Gasteiger partial charge < -0.3 is 10.2 Å². The fraction of sp³-hybridized carbons (Fsp3) is 0.500. The van der Waals surface area contributed by atoms with Gasteiger partial charge in [0.1, 0.15) is 5.75 Å². The van der Waals surface area contributed by atoms with E-state index >= 15 is 0 Å². The minimum absolute atomic E-state index is 0.174. The lowest BCUT2D eigenvalue weighted by Gasteiger charge is -2.26. The second-order valence-corrected chi connectivity index (χ2v) is 5.75. The number of nitrogens with zero attached hydrogens (tertiary/aromatic N) is 1. The monoisotopic (exact) mass is 329 g/mol. The molecule has 0 radical (unpaired) electrons. The van der Waals surface area contributed by atoms with Gasteiger partial charge >= 0.3 is 5.97 Å². The molecule has 0 heterocycles. The number of carbonyl (C=O) groups is 1. The van der Waals surface area contributed by atoms with E-state index in [-0.39, 0.29) is 12.2 Å². The zero-order valence-electron chi connectivity index (χ0n) is 11.3. The molecule has 0 amide bonds. The highest BCUT2D eigenvalue weighted by molar-refractivity contribution is 9.10. The van der Waals surface area contributed by atoms with Gasteiger partial charge in [0.05, 0.1) is 0 Å². The molecule has 0 saturated carbocycles. The maximum atomic E-state index is 10.5. The van der Waals surface area contributed by atoms with Crippen LogP contribution in [0.1, 0.15) is 32.3 Å². The topological polar surface area (TPSA) is 60.8 Å². The molecule has 0 unspecified atom stereocenters. The van der Waals surface area contributed by atoms with Crippen molar-refractivity contribution < 1.29 is 15.0 Å². The highest BCUT2D eigenvalue weighted by Gasteiger charge is 2.13. The zero-order chi connectivity index (χ0) is 14.4. The molecule has 106 valence electrons. The standard InChI is InChI=1S/C14H20BrNO3/c1-10(2)16(7-3-4-14(18)19)9-11-8-12(15)5-6-13(11)17/h5-6,8,10,17H,3-4,7,9H2,1-2H3,(H,18,19). The normalized spacial score (nSPS) is 11.2. The van der Waals surface area contributed by atoms with Gasteiger partial charge in [0.25, 0.3) is 0 Å². The van der Waals surface area contributed by atoms with E-state index < -0.39 is 5.97 Å². The third-order valence-corrected chi connectivity index (χ3v) is 3.47. The summed E-state index contributed by atoms with van der Waals surface area (Å²) in [4.78, 5) is 12.7. The summed E-state index contributed by atoms with van der Waals surface area (Å²) in [5.41, 5.74) is 0.846. The molecule has 0 saturated heterocycles. The van der Waals surface area contributed by atoms with Gasteiger partial charge in [-0.25, -0.2) is 0 Å². The van der Waals surface area contributed by atoms with Crippen molar-refractivity contribution in [1.82, 2.24) is 4.90 Å². The Morgan fingerprint density at radius 1 is 1.42 bits per heavy atom. The maximum Gasteiger partial charge on any atom is 0.303 e. The van der Waals surface area contributed by atoms with E-state index in [1.54, 1.807) is 12.1 Å². The molecule has 19 heavy (non-hydrogen) atoms. The van der Waals surface area contributed by atoms with E-state index in [0.29, 0.717) is 25.6 Å². The Balaban J connectivity index is 2.67. The molecule has 1 aromatic rings. The lowest BCUT2D eigenvalue weighted by atomic mass is 10.1. The minimum atomic E-state index is -0.769. The van der Waals surface area contributed by atoms with E-state index in [0.717, 1.165) is 10.0 Å². The highest BCUT2D eigenvalue weighted by Crippen LogP contribution is 2.24. The SMILES string of the molecule is CC(C)N(CCCC(=O)O)Cc1cc(Br)ccc1O. The van der Waals surface area contributed by atoms with Crippen molar-refractivity contribution in [1.29, 1.82) is 0 Å². The molecule has 0 aromatic heterocycles. The van der Waals surface area contributed by atoms with Gasteiger partial charge in [-0.05, 0) is 45.0 Å². The number of phenols is 1. The summed E-state index contributed by atoms with van der Waals surface area (Å²) >= 11 is 3.39. The summed E-state index contributed by atoms with van der Waals surface area (Å²) < 4.78 is 0.926. The first-order valence-corrected chi connectivity index (χ1v) is 7.12. The number of carboxylic acid groups (broad SMARTS) is 1. The molecule has 0 bridgehead atoms. The van der Waals surface area contributed by atoms with Crippen LogP contribution < -0.4 is 0 Å². The van der Waals surface area contributed by atoms with Crippen LogP contribution in [0.3, 0.4) is 0 Å². The number of benzene rings is 1. The molecule has 0 atom stereocenters. The minimum Gasteiger partial charge on any atom is -0.508 e. The quantitative estimate of drug-likeness (QED) is 0.806. The first kappa shape index (κ1) is 16.0. The number of carboxylic acids is 1. The predicted molar refractivity (Wildman–Crippen MR) is 78.2 cm³/mol. The van der Waals surface area contributed by atoms with Gasteiger partial charge in [0.15, 0.2) is 0 Å². The lowest BCUT2D eigenvalue weighted by molar-refractivity contribution is -0.137. The average Bonchev–Trinajstić information content (AvgIpc) is 2.31. The summed E-state index contributed by atoms with van der Waals surface area (Å²) in [5, 5.41) is 18.5. The first-order chi connectivity index (χ1) is 8.90. The number of rotatable bonds is 7. The molecule has 0 spiro atoms. The van der Waals surface area contributed by atoms with E-state index in [4.69, 9.17) is 5.11 Å². The molecule has 0 aliphatic heterocycles. The molecule has 0 aliphatic rings. The molecule has 0 fully saturated rings. The van der Waals surface area contributed by atoms with Crippen LogP contribution in [0.25, 0.3) is 0 Å². The summed E-state index contributed by atoms with van der Waals surface area (Å²) in [5.74, 6) is -0.499. The highest BCUT2D eigenvalue weighted by atomic mass is 79.9. The smallest absolute Gasteiger partial charge is 0.303 e. The molecule has 1 rings (SSSR count). The van der Waals surface area contributed by atoms with Crippen LogP contribution in [-0.2, 0) is 11.3 Å². The molecular weight excluding hydrogens is 310 g/mol. The van der Waals surface area contributed by atoms with Crippen molar-refractivity contribution in [3.8, 4) is 5.75 Å². The number of aliphatic carboxylic acids is 1. The Bertz CT molecular complexity index is 435. The molecule has 4 nitrogen and oxygen atoms in total. The van der Waals surface area contributed by atoms with Crippen LogP contribution >= 0.6 is 15.9 Å². The van der Waals surface area contributed by atoms with Crippen LogP contribution in [0, 0.1) is 0 Å². The third kappa shape index (κ3) is 5.61. The Kier molecular flexibility index (Phi) is 6.31. The first-order valence-electron chi connectivity index (χ1n) is 6.33. The molecule has 0 aliphatic carbocycles.